The van der Waals surface area contributed by atoms with Crippen molar-refractivity contribution in [2.75, 3.05) is 0 Å². The maximum Gasteiger partial charge on any atom is 0.337 e. The zero-order chi connectivity index (χ0) is 19.8. The van der Waals surface area contributed by atoms with E-state index < -0.39 is 14.3 Å². The molecule has 1 aliphatic rings. The van der Waals surface area contributed by atoms with E-state index in [9.17, 15) is 4.79 Å². The monoisotopic (exact) mass is 385 g/mol. The van der Waals surface area contributed by atoms with Gasteiger partial charge in [-0.3, -0.25) is 0 Å². The molecule has 0 fully saturated rings. The van der Waals surface area contributed by atoms with Crippen molar-refractivity contribution in [2.45, 2.75) is 57.8 Å². The first kappa shape index (κ1) is 19.6. The highest BCUT2D eigenvalue weighted by atomic mass is 28.4. The number of fused-ring (bicyclic) bond motifs is 1. The van der Waals surface area contributed by atoms with E-state index in [0.29, 0.717) is 5.88 Å². The highest BCUT2D eigenvalue weighted by Gasteiger charge is 2.41. The van der Waals surface area contributed by atoms with Gasteiger partial charge in [-0.2, -0.15) is 0 Å². The molecule has 1 atom stereocenters. The zero-order valence-electron chi connectivity index (χ0n) is 16.6. The number of pyridine rings is 1. The molecule has 27 heavy (non-hydrogen) atoms. The van der Waals surface area contributed by atoms with Crippen molar-refractivity contribution in [2.24, 2.45) is 0 Å². The van der Waals surface area contributed by atoms with Crippen molar-refractivity contribution in [3.05, 3.63) is 53.2 Å². The van der Waals surface area contributed by atoms with E-state index in [1.165, 1.54) is 17.8 Å². The molecule has 6 heteroatoms. The Morgan fingerprint density at radius 2 is 1.96 bits per heavy atom. The third-order valence-electron chi connectivity index (χ3n) is 5.61. The maximum absolute atomic E-state index is 11.0. The molecule has 0 bridgehead atoms. The van der Waals surface area contributed by atoms with Gasteiger partial charge in [0.1, 0.15) is 5.75 Å². The molecule has 0 amide bonds. The molecule has 5 nitrogen and oxygen atoms in total. The van der Waals surface area contributed by atoms with Crippen molar-refractivity contribution in [3.8, 4) is 11.6 Å². The number of ether oxygens (including phenoxy) is 1. The van der Waals surface area contributed by atoms with Crippen LogP contribution in [-0.4, -0.2) is 24.4 Å². The van der Waals surface area contributed by atoms with Crippen LogP contribution >= 0.6 is 0 Å². The third kappa shape index (κ3) is 4.06. The van der Waals surface area contributed by atoms with Gasteiger partial charge < -0.3 is 14.3 Å². The lowest BCUT2D eigenvalue weighted by molar-refractivity contribution is 0.0696. The summed E-state index contributed by atoms with van der Waals surface area (Å²) < 4.78 is 12.6. The second-order valence-electron chi connectivity index (χ2n) is 8.52. The summed E-state index contributed by atoms with van der Waals surface area (Å²) in [5, 5.41) is 9.15. The summed E-state index contributed by atoms with van der Waals surface area (Å²) in [5.41, 5.74) is 2.49. The molecule has 3 rings (SSSR count). The van der Waals surface area contributed by atoms with Crippen molar-refractivity contribution < 1.29 is 19.1 Å². The molecule has 1 aromatic heterocycles. The van der Waals surface area contributed by atoms with Crippen LogP contribution in [0.3, 0.4) is 0 Å². The van der Waals surface area contributed by atoms with Gasteiger partial charge in [-0.15, -0.1) is 0 Å². The largest absolute Gasteiger partial charge is 0.478 e. The third-order valence-corrected chi connectivity index (χ3v) is 10.1. The van der Waals surface area contributed by atoms with Crippen LogP contribution in [0.5, 0.6) is 11.6 Å². The van der Waals surface area contributed by atoms with Crippen molar-refractivity contribution in [1.82, 2.24) is 4.98 Å². The number of benzene rings is 1. The Morgan fingerprint density at radius 3 is 2.56 bits per heavy atom. The van der Waals surface area contributed by atoms with Crippen LogP contribution < -0.4 is 4.74 Å². The Morgan fingerprint density at radius 1 is 1.22 bits per heavy atom. The Kier molecular flexibility index (Phi) is 5.14. The number of nitrogens with zero attached hydrogens (tertiary/aromatic N) is 1. The number of carboxylic acids is 1. The second-order valence-corrected chi connectivity index (χ2v) is 13.3. The van der Waals surface area contributed by atoms with Crippen molar-refractivity contribution >= 4 is 14.3 Å². The summed E-state index contributed by atoms with van der Waals surface area (Å²) in [4.78, 5) is 15.1. The fraction of sp³-hybridized carbons (Fsp3) is 0.429. The molecular weight excluding hydrogens is 358 g/mol. The average molecular weight is 386 g/mol. The second kappa shape index (κ2) is 7.09. The predicted octanol–water partition coefficient (Wildman–Crippen LogP) is 5.58. The first-order valence-corrected chi connectivity index (χ1v) is 12.2. The van der Waals surface area contributed by atoms with E-state index in [1.54, 1.807) is 6.07 Å². The van der Waals surface area contributed by atoms with Gasteiger partial charge in [0, 0.05) is 17.8 Å². The molecule has 0 saturated carbocycles. The molecule has 1 aliphatic carbocycles. The highest BCUT2D eigenvalue weighted by molar-refractivity contribution is 6.74. The number of rotatable bonds is 5. The smallest absolute Gasteiger partial charge is 0.337 e. The first-order chi connectivity index (χ1) is 12.6. The van der Waals surface area contributed by atoms with E-state index in [-0.39, 0.29) is 16.7 Å². The number of hydrogen-bond acceptors (Lipinski definition) is 4. The lowest BCUT2D eigenvalue weighted by Crippen LogP contribution is -2.41. The topological polar surface area (TPSA) is 68.7 Å². The summed E-state index contributed by atoms with van der Waals surface area (Å²) in [6, 6.07) is 9.11. The molecule has 1 unspecified atom stereocenters. The number of hydrogen-bond donors (Lipinski definition) is 1. The summed E-state index contributed by atoms with van der Waals surface area (Å²) >= 11 is 0. The minimum atomic E-state index is -1.86. The van der Waals surface area contributed by atoms with E-state index >= 15 is 0 Å². The van der Waals surface area contributed by atoms with Crippen LogP contribution in [0.2, 0.25) is 18.1 Å². The van der Waals surface area contributed by atoms with Crippen LogP contribution in [0.4, 0.5) is 0 Å². The van der Waals surface area contributed by atoms with Crippen LogP contribution in [0, 0.1) is 0 Å². The zero-order valence-corrected chi connectivity index (χ0v) is 17.6. The number of aromatic carboxylic acids is 1. The van der Waals surface area contributed by atoms with E-state index in [0.717, 1.165) is 24.2 Å². The first-order valence-electron chi connectivity index (χ1n) is 9.25. The SMILES string of the molecule is CC(C)(C)[Si](C)(C)OC1CCc2c(Oc3ccc(C(=O)O)cn3)cccc21. The van der Waals surface area contributed by atoms with Gasteiger partial charge in [0.25, 0.3) is 0 Å². The standard InChI is InChI=1S/C21H27NO4Si/c1-21(2,3)27(4,5)26-18-11-10-16-15(18)7-6-8-17(16)25-19-12-9-14(13-22-19)20(23)24/h6-9,12-13,18H,10-11H2,1-5H3,(H,23,24). The van der Waals surface area contributed by atoms with Crippen LogP contribution in [0.25, 0.3) is 0 Å². The molecule has 1 aromatic carbocycles. The molecule has 1 heterocycles. The molecule has 1 N–H and O–H groups in total. The number of carboxylic acid groups (broad SMARTS) is 1. The number of aromatic nitrogens is 1. The number of carbonyl (C=O) groups is 1. The van der Waals surface area contributed by atoms with Gasteiger partial charge >= 0.3 is 5.97 Å². The molecule has 2 aromatic rings. The Labute approximate surface area is 161 Å². The van der Waals surface area contributed by atoms with E-state index in [4.69, 9.17) is 14.3 Å². The normalized spacial score (nSPS) is 16.9. The summed E-state index contributed by atoms with van der Waals surface area (Å²) in [7, 11) is -1.86. The Bertz CT molecular complexity index is 840. The van der Waals surface area contributed by atoms with Crippen LogP contribution in [-0.2, 0) is 10.8 Å². The summed E-state index contributed by atoms with van der Waals surface area (Å²) in [6.45, 7) is 11.3. The van der Waals surface area contributed by atoms with Crippen LogP contribution in [0.1, 0.15) is 54.8 Å². The molecule has 144 valence electrons. The molecule has 0 aliphatic heterocycles. The highest BCUT2D eigenvalue weighted by Crippen LogP contribution is 2.45. The van der Waals surface area contributed by atoms with Gasteiger partial charge in [0.2, 0.25) is 5.88 Å². The fourth-order valence-corrected chi connectivity index (χ4v) is 4.32. The Hall–Kier alpha value is -2.18. The van der Waals surface area contributed by atoms with Crippen molar-refractivity contribution in [3.63, 3.8) is 0 Å². The van der Waals surface area contributed by atoms with Crippen LogP contribution in [0.15, 0.2) is 36.5 Å². The molecular formula is C21H27NO4Si. The predicted molar refractivity (Wildman–Crippen MR) is 107 cm³/mol. The van der Waals surface area contributed by atoms with Gasteiger partial charge in [0.15, 0.2) is 8.32 Å². The molecule has 0 spiro atoms. The summed E-state index contributed by atoms with van der Waals surface area (Å²) in [5.74, 6) is 0.159. The van der Waals surface area contributed by atoms with Gasteiger partial charge in [-0.1, -0.05) is 32.9 Å². The van der Waals surface area contributed by atoms with Gasteiger partial charge in [-0.05, 0) is 48.7 Å². The lowest BCUT2D eigenvalue weighted by Gasteiger charge is -2.38. The maximum atomic E-state index is 11.0. The average Bonchev–Trinajstić information content (AvgIpc) is 2.98. The quantitative estimate of drug-likeness (QED) is 0.680. The van der Waals surface area contributed by atoms with Crippen molar-refractivity contribution in [1.29, 1.82) is 0 Å². The van der Waals surface area contributed by atoms with E-state index in [2.05, 4.69) is 44.9 Å². The molecule has 0 saturated heterocycles. The molecule has 0 radical (unpaired) electrons. The summed E-state index contributed by atoms with van der Waals surface area (Å²) in [6.07, 6.45) is 3.27. The minimum Gasteiger partial charge on any atom is -0.478 e. The van der Waals surface area contributed by atoms with Gasteiger partial charge in [-0.25, -0.2) is 9.78 Å². The lowest BCUT2D eigenvalue weighted by atomic mass is 10.1. The van der Waals surface area contributed by atoms with Gasteiger partial charge in [0.05, 0.1) is 11.7 Å². The van der Waals surface area contributed by atoms with E-state index in [1.807, 2.05) is 12.1 Å². The minimum absolute atomic E-state index is 0.104. The fourth-order valence-electron chi connectivity index (χ4n) is 3.01. The Balaban J connectivity index is 1.81.